The van der Waals surface area contributed by atoms with E-state index in [0.717, 1.165) is 0 Å². The lowest BCUT2D eigenvalue weighted by atomic mass is 10.0. The summed E-state index contributed by atoms with van der Waals surface area (Å²) in [6.45, 7) is 3.24. The monoisotopic (exact) mass is 316 g/mol. The standard InChI is InChI=1S/C16H19N3O4/c1-10(2)7-13(15(22)17-8-14(20)21)19-9-18-12-6-4-3-5-11(12)16(19)23/h3-6,9-10,13H,7-8H2,1-2H3,(H,17,22)(H,20,21)/p-1/t13-/m0/s1. The van der Waals surface area contributed by atoms with Crippen LogP contribution in [0.2, 0.25) is 0 Å². The Hall–Kier alpha value is -2.70. The molecule has 2 aromatic rings. The van der Waals surface area contributed by atoms with E-state index in [4.69, 9.17) is 0 Å². The fourth-order valence-electron chi connectivity index (χ4n) is 2.38. The molecule has 0 bridgehead atoms. The second kappa shape index (κ2) is 7.04. The van der Waals surface area contributed by atoms with Crippen molar-refractivity contribution < 1.29 is 14.7 Å². The number of fused-ring (bicyclic) bond motifs is 1. The van der Waals surface area contributed by atoms with Gasteiger partial charge in [-0.25, -0.2) is 4.98 Å². The van der Waals surface area contributed by atoms with Gasteiger partial charge in [-0.2, -0.15) is 0 Å². The fraction of sp³-hybridized carbons (Fsp3) is 0.375. The van der Waals surface area contributed by atoms with E-state index in [1.54, 1.807) is 24.3 Å². The number of hydrogen-bond donors (Lipinski definition) is 1. The molecule has 0 spiro atoms. The highest BCUT2D eigenvalue weighted by atomic mass is 16.4. The summed E-state index contributed by atoms with van der Waals surface area (Å²) < 4.78 is 1.26. The first-order valence-corrected chi connectivity index (χ1v) is 7.33. The number of nitrogens with one attached hydrogen (secondary N) is 1. The summed E-state index contributed by atoms with van der Waals surface area (Å²) in [5.41, 5.74) is 0.219. The molecule has 1 aromatic heterocycles. The molecule has 0 saturated heterocycles. The summed E-state index contributed by atoms with van der Waals surface area (Å²) in [4.78, 5) is 39.6. The van der Waals surface area contributed by atoms with Crippen molar-refractivity contribution in [2.75, 3.05) is 6.54 Å². The molecule has 0 radical (unpaired) electrons. The number of benzene rings is 1. The molecule has 7 nitrogen and oxygen atoms in total. The molecule has 0 aliphatic carbocycles. The first-order valence-electron chi connectivity index (χ1n) is 7.33. The van der Waals surface area contributed by atoms with E-state index in [2.05, 4.69) is 10.3 Å². The van der Waals surface area contributed by atoms with Crippen molar-refractivity contribution in [3.63, 3.8) is 0 Å². The SMILES string of the molecule is CC(C)C[C@@H](C(=O)NCC(=O)[O-])n1cnc2ccccc2c1=O. The Bertz CT molecular complexity index is 782. The minimum Gasteiger partial charge on any atom is -0.548 e. The number of carbonyl (C=O) groups excluding carboxylic acids is 2. The summed E-state index contributed by atoms with van der Waals surface area (Å²) in [5, 5.41) is 13.2. The largest absolute Gasteiger partial charge is 0.548 e. The first-order chi connectivity index (χ1) is 10.9. The molecule has 0 aliphatic rings. The van der Waals surface area contributed by atoms with E-state index < -0.39 is 24.5 Å². The van der Waals surface area contributed by atoms with Gasteiger partial charge in [-0.15, -0.1) is 0 Å². The van der Waals surface area contributed by atoms with E-state index in [-0.39, 0.29) is 11.5 Å². The van der Waals surface area contributed by atoms with Gasteiger partial charge < -0.3 is 15.2 Å². The molecule has 1 heterocycles. The van der Waals surface area contributed by atoms with Gasteiger partial charge in [0.05, 0.1) is 29.7 Å². The van der Waals surface area contributed by atoms with Crippen LogP contribution in [0, 0.1) is 5.92 Å². The molecule has 1 amide bonds. The predicted molar refractivity (Wildman–Crippen MR) is 82.5 cm³/mol. The van der Waals surface area contributed by atoms with Crippen LogP contribution in [0.4, 0.5) is 0 Å². The summed E-state index contributed by atoms with van der Waals surface area (Å²) in [5.74, 6) is -1.79. The van der Waals surface area contributed by atoms with E-state index in [0.29, 0.717) is 17.3 Å². The Morgan fingerprint density at radius 3 is 2.65 bits per heavy atom. The quantitative estimate of drug-likeness (QED) is 0.798. The smallest absolute Gasteiger partial charge is 0.261 e. The van der Waals surface area contributed by atoms with Crippen molar-refractivity contribution in [3.8, 4) is 0 Å². The molecule has 23 heavy (non-hydrogen) atoms. The number of carbonyl (C=O) groups is 2. The molecule has 0 saturated carbocycles. The van der Waals surface area contributed by atoms with Crippen LogP contribution < -0.4 is 16.0 Å². The molecule has 1 N–H and O–H groups in total. The van der Waals surface area contributed by atoms with Crippen LogP contribution in [-0.4, -0.2) is 28.0 Å². The van der Waals surface area contributed by atoms with Crippen LogP contribution in [0.3, 0.4) is 0 Å². The molecule has 1 aromatic carbocycles. The van der Waals surface area contributed by atoms with Crippen LogP contribution in [0.1, 0.15) is 26.3 Å². The maximum atomic E-state index is 12.6. The molecule has 7 heteroatoms. The predicted octanol–water partition coefficient (Wildman–Crippen LogP) is -0.150. The number of carboxylic acid groups (broad SMARTS) is 1. The topological polar surface area (TPSA) is 104 Å². The summed E-state index contributed by atoms with van der Waals surface area (Å²) in [7, 11) is 0. The van der Waals surface area contributed by atoms with Crippen LogP contribution in [0.15, 0.2) is 35.4 Å². The average molecular weight is 316 g/mol. The second-order valence-corrected chi connectivity index (χ2v) is 5.71. The van der Waals surface area contributed by atoms with Gasteiger partial charge in [0.25, 0.3) is 5.56 Å². The Morgan fingerprint density at radius 2 is 2.00 bits per heavy atom. The number of amides is 1. The normalized spacial score (nSPS) is 12.3. The third kappa shape index (κ3) is 3.94. The lowest BCUT2D eigenvalue weighted by molar-refractivity contribution is -0.304. The van der Waals surface area contributed by atoms with Gasteiger partial charge in [-0.3, -0.25) is 14.2 Å². The molecule has 1 atom stereocenters. The van der Waals surface area contributed by atoms with E-state index in [1.807, 2.05) is 13.8 Å². The number of para-hydroxylation sites is 1. The van der Waals surface area contributed by atoms with E-state index >= 15 is 0 Å². The zero-order valence-corrected chi connectivity index (χ0v) is 13.0. The molecule has 0 aliphatic heterocycles. The van der Waals surface area contributed by atoms with Crippen molar-refractivity contribution in [3.05, 3.63) is 40.9 Å². The highest BCUT2D eigenvalue weighted by Gasteiger charge is 2.23. The van der Waals surface area contributed by atoms with Crippen molar-refractivity contribution in [2.45, 2.75) is 26.3 Å². The number of rotatable bonds is 6. The molecular formula is C16H18N3O4-. The Labute approximate surface area is 133 Å². The number of aromatic nitrogens is 2. The van der Waals surface area contributed by atoms with Crippen LogP contribution >= 0.6 is 0 Å². The Morgan fingerprint density at radius 1 is 1.30 bits per heavy atom. The maximum absolute atomic E-state index is 12.6. The number of aliphatic carboxylic acids is 1. The third-order valence-electron chi connectivity index (χ3n) is 3.43. The summed E-state index contributed by atoms with van der Waals surface area (Å²) in [6, 6.07) is 6.04. The van der Waals surface area contributed by atoms with Crippen LogP contribution in [0.25, 0.3) is 10.9 Å². The van der Waals surface area contributed by atoms with Gasteiger partial charge in [0.15, 0.2) is 0 Å². The van der Waals surface area contributed by atoms with Crippen molar-refractivity contribution in [1.82, 2.24) is 14.9 Å². The minimum atomic E-state index is -1.38. The molecule has 0 unspecified atom stereocenters. The van der Waals surface area contributed by atoms with E-state index in [9.17, 15) is 19.5 Å². The van der Waals surface area contributed by atoms with Crippen LogP contribution in [0.5, 0.6) is 0 Å². The lowest BCUT2D eigenvalue weighted by Crippen LogP contribution is -2.43. The maximum Gasteiger partial charge on any atom is 0.261 e. The number of carboxylic acids is 1. The second-order valence-electron chi connectivity index (χ2n) is 5.71. The lowest BCUT2D eigenvalue weighted by Gasteiger charge is -2.21. The van der Waals surface area contributed by atoms with Gasteiger partial charge in [0, 0.05) is 0 Å². The van der Waals surface area contributed by atoms with Gasteiger partial charge in [0.2, 0.25) is 5.91 Å². The van der Waals surface area contributed by atoms with Crippen molar-refractivity contribution in [1.29, 1.82) is 0 Å². The van der Waals surface area contributed by atoms with Gasteiger partial charge in [0.1, 0.15) is 6.04 Å². The zero-order chi connectivity index (χ0) is 17.0. The number of nitrogens with zero attached hydrogens (tertiary/aromatic N) is 2. The van der Waals surface area contributed by atoms with E-state index in [1.165, 1.54) is 10.9 Å². The zero-order valence-electron chi connectivity index (χ0n) is 13.0. The van der Waals surface area contributed by atoms with Gasteiger partial charge >= 0.3 is 0 Å². The fourth-order valence-corrected chi connectivity index (χ4v) is 2.38. The summed E-state index contributed by atoms with van der Waals surface area (Å²) in [6.07, 6.45) is 1.72. The average Bonchev–Trinajstić information content (AvgIpc) is 2.51. The Balaban J connectivity index is 2.43. The molecular weight excluding hydrogens is 298 g/mol. The third-order valence-corrected chi connectivity index (χ3v) is 3.43. The highest BCUT2D eigenvalue weighted by molar-refractivity contribution is 5.84. The molecule has 0 fully saturated rings. The molecule has 122 valence electrons. The number of hydrogen-bond acceptors (Lipinski definition) is 5. The minimum absolute atomic E-state index is 0.132. The van der Waals surface area contributed by atoms with Crippen LogP contribution in [-0.2, 0) is 9.59 Å². The van der Waals surface area contributed by atoms with Crippen molar-refractivity contribution in [2.24, 2.45) is 5.92 Å². The van der Waals surface area contributed by atoms with Gasteiger partial charge in [-0.1, -0.05) is 26.0 Å². The highest BCUT2D eigenvalue weighted by Crippen LogP contribution is 2.17. The van der Waals surface area contributed by atoms with Gasteiger partial charge in [-0.05, 0) is 24.5 Å². The van der Waals surface area contributed by atoms with Crippen molar-refractivity contribution >= 4 is 22.8 Å². The molecule has 2 rings (SSSR count). The summed E-state index contributed by atoms with van der Waals surface area (Å²) >= 11 is 0. The first kappa shape index (κ1) is 16.7. The Kier molecular flexibility index (Phi) is 5.10.